The van der Waals surface area contributed by atoms with E-state index in [9.17, 15) is 9.50 Å². The summed E-state index contributed by atoms with van der Waals surface area (Å²) in [6, 6.07) is 7.53. The summed E-state index contributed by atoms with van der Waals surface area (Å²) < 4.78 is 14.3. The lowest BCUT2D eigenvalue weighted by Gasteiger charge is -2.41. The number of piperidine rings is 1. The minimum atomic E-state index is -0.994. The Bertz CT molecular complexity index is 567. The molecule has 1 aromatic carbocycles. The number of phenolic OH excluding ortho intramolecular Hbond substituents is 1. The minimum Gasteiger partial charge on any atom is -0.507 e. The lowest BCUT2D eigenvalue weighted by atomic mass is 9.76. The lowest BCUT2D eigenvalue weighted by molar-refractivity contribution is 0.0186. The molecule has 23 heavy (non-hydrogen) atoms. The van der Waals surface area contributed by atoms with Crippen LogP contribution in [0.4, 0.5) is 4.39 Å². The second kappa shape index (κ2) is 8.69. The van der Waals surface area contributed by atoms with Crippen LogP contribution in [0.25, 0.3) is 6.08 Å². The first-order chi connectivity index (χ1) is 11.0. The van der Waals surface area contributed by atoms with Crippen molar-refractivity contribution >= 4 is 6.08 Å². The van der Waals surface area contributed by atoms with Crippen molar-refractivity contribution in [3.05, 3.63) is 35.9 Å². The van der Waals surface area contributed by atoms with E-state index in [1.165, 1.54) is 0 Å². The number of likely N-dealkylation sites (tertiary alicyclic amines) is 1. The van der Waals surface area contributed by atoms with Gasteiger partial charge >= 0.3 is 0 Å². The maximum Gasteiger partial charge on any atom is 0.123 e. The fraction of sp³-hybridized carbons (Fsp3) is 0.526. The first kappa shape index (κ1) is 19.2. The SMILES string of the molecule is C=Cc1ccc(CN2CCC(C)(CC#N)C(F)C2)cc1O.CC. The minimum absolute atomic E-state index is 0.200. The summed E-state index contributed by atoms with van der Waals surface area (Å²) >= 11 is 0. The number of alkyl halides is 1. The van der Waals surface area contributed by atoms with E-state index >= 15 is 0 Å². The first-order valence-electron chi connectivity index (χ1n) is 8.16. The van der Waals surface area contributed by atoms with Gasteiger partial charge in [-0.3, -0.25) is 4.90 Å². The van der Waals surface area contributed by atoms with Crippen LogP contribution in [-0.2, 0) is 6.54 Å². The average Bonchev–Trinajstić information content (AvgIpc) is 2.54. The third-order valence-electron chi connectivity index (χ3n) is 4.38. The van der Waals surface area contributed by atoms with Gasteiger partial charge in [-0.05, 0) is 24.6 Å². The monoisotopic (exact) mass is 318 g/mol. The summed E-state index contributed by atoms with van der Waals surface area (Å²) in [4.78, 5) is 2.03. The average molecular weight is 318 g/mol. The van der Waals surface area contributed by atoms with Crippen LogP contribution in [-0.4, -0.2) is 29.3 Å². The molecule has 2 rings (SSSR count). The molecule has 2 atom stereocenters. The summed E-state index contributed by atoms with van der Waals surface area (Å²) in [7, 11) is 0. The third-order valence-corrected chi connectivity index (χ3v) is 4.38. The van der Waals surface area contributed by atoms with Crippen molar-refractivity contribution in [3.8, 4) is 11.8 Å². The van der Waals surface area contributed by atoms with Crippen LogP contribution in [0.3, 0.4) is 0 Å². The van der Waals surface area contributed by atoms with Gasteiger partial charge in [-0.1, -0.05) is 45.6 Å². The fourth-order valence-electron chi connectivity index (χ4n) is 2.75. The molecule has 126 valence electrons. The Morgan fingerprint density at radius 3 is 2.74 bits per heavy atom. The molecule has 1 heterocycles. The summed E-state index contributed by atoms with van der Waals surface area (Å²) in [5.74, 6) is 0.200. The second-order valence-electron chi connectivity index (χ2n) is 6.04. The number of halogens is 1. The van der Waals surface area contributed by atoms with Gasteiger partial charge in [0.05, 0.1) is 6.07 Å². The van der Waals surface area contributed by atoms with Gasteiger partial charge in [0.15, 0.2) is 0 Å². The number of rotatable bonds is 4. The molecule has 0 amide bonds. The van der Waals surface area contributed by atoms with Crippen molar-refractivity contribution in [1.82, 2.24) is 4.90 Å². The maximum absolute atomic E-state index is 14.3. The summed E-state index contributed by atoms with van der Waals surface area (Å²) in [6.07, 6.45) is 1.55. The van der Waals surface area contributed by atoms with Crippen molar-refractivity contribution in [2.24, 2.45) is 5.41 Å². The largest absolute Gasteiger partial charge is 0.507 e. The number of hydrogen-bond donors (Lipinski definition) is 1. The zero-order valence-corrected chi connectivity index (χ0v) is 14.3. The molecule has 1 aromatic rings. The van der Waals surface area contributed by atoms with Crippen molar-refractivity contribution < 1.29 is 9.50 Å². The smallest absolute Gasteiger partial charge is 0.123 e. The van der Waals surface area contributed by atoms with Crippen LogP contribution in [0.1, 0.15) is 44.7 Å². The Balaban J connectivity index is 0.00000127. The third kappa shape index (κ3) is 4.80. The van der Waals surface area contributed by atoms with E-state index in [1.807, 2.05) is 37.8 Å². The van der Waals surface area contributed by atoms with Crippen LogP contribution >= 0.6 is 0 Å². The van der Waals surface area contributed by atoms with E-state index in [2.05, 4.69) is 12.6 Å². The Labute approximate surface area is 139 Å². The zero-order chi connectivity index (χ0) is 17.5. The molecule has 0 aromatic heterocycles. The molecule has 1 saturated heterocycles. The molecule has 0 spiro atoms. The summed E-state index contributed by atoms with van der Waals surface area (Å²) in [5.41, 5.74) is 1.12. The van der Waals surface area contributed by atoms with Crippen LogP contribution < -0.4 is 0 Å². The fourth-order valence-corrected chi connectivity index (χ4v) is 2.75. The van der Waals surface area contributed by atoms with Crippen LogP contribution in [0, 0.1) is 16.7 Å². The van der Waals surface area contributed by atoms with Gasteiger partial charge in [-0.2, -0.15) is 5.26 Å². The van der Waals surface area contributed by atoms with Crippen LogP contribution in [0.2, 0.25) is 0 Å². The Kier molecular flexibility index (Phi) is 7.25. The van der Waals surface area contributed by atoms with Crippen LogP contribution in [0.5, 0.6) is 5.75 Å². The Morgan fingerprint density at radius 2 is 2.22 bits per heavy atom. The Morgan fingerprint density at radius 1 is 1.52 bits per heavy atom. The van der Waals surface area contributed by atoms with Gasteiger partial charge in [-0.15, -0.1) is 0 Å². The van der Waals surface area contributed by atoms with Crippen LogP contribution in [0.15, 0.2) is 24.8 Å². The molecule has 3 nitrogen and oxygen atoms in total. The molecule has 0 radical (unpaired) electrons. The number of phenols is 1. The van der Waals surface area contributed by atoms with Gasteiger partial charge in [-0.25, -0.2) is 4.39 Å². The van der Waals surface area contributed by atoms with Gasteiger partial charge in [0.2, 0.25) is 0 Å². The number of hydrogen-bond acceptors (Lipinski definition) is 3. The highest BCUT2D eigenvalue weighted by molar-refractivity contribution is 5.55. The second-order valence-corrected chi connectivity index (χ2v) is 6.04. The van der Waals surface area contributed by atoms with Crippen molar-refractivity contribution in [3.63, 3.8) is 0 Å². The van der Waals surface area contributed by atoms with Gasteiger partial charge < -0.3 is 5.11 Å². The number of nitrogens with zero attached hydrogens (tertiary/aromatic N) is 2. The predicted molar refractivity (Wildman–Crippen MR) is 92.7 cm³/mol. The predicted octanol–water partition coefficient (Wildman–Crippen LogP) is 4.53. The van der Waals surface area contributed by atoms with Gasteiger partial charge in [0.1, 0.15) is 11.9 Å². The molecule has 1 aliphatic heterocycles. The molecular formula is C19H27FN2O. The van der Waals surface area contributed by atoms with E-state index < -0.39 is 11.6 Å². The summed E-state index contributed by atoms with van der Waals surface area (Å²) in [5, 5.41) is 18.6. The summed E-state index contributed by atoms with van der Waals surface area (Å²) in [6.45, 7) is 11.2. The van der Waals surface area contributed by atoms with Crippen molar-refractivity contribution in [2.75, 3.05) is 13.1 Å². The molecule has 1 fully saturated rings. The quantitative estimate of drug-likeness (QED) is 0.887. The van der Waals surface area contributed by atoms with E-state index in [-0.39, 0.29) is 12.2 Å². The van der Waals surface area contributed by atoms with Gasteiger partial charge in [0, 0.05) is 30.5 Å². The van der Waals surface area contributed by atoms with E-state index in [0.29, 0.717) is 25.1 Å². The molecule has 4 heteroatoms. The normalized spacial score (nSPS) is 24.2. The molecular weight excluding hydrogens is 291 g/mol. The molecule has 2 unspecified atom stereocenters. The maximum atomic E-state index is 14.3. The number of aromatic hydroxyl groups is 1. The highest BCUT2D eigenvalue weighted by Gasteiger charge is 2.39. The number of benzene rings is 1. The topological polar surface area (TPSA) is 47.3 Å². The van der Waals surface area contributed by atoms with E-state index in [4.69, 9.17) is 5.26 Å². The molecule has 1 aliphatic rings. The molecule has 0 bridgehead atoms. The standard InChI is InChI=1S/C17H21FN2O.C2H6/c1-3-14-5-4-13(10-15(14)21)11-20-9-7-17(2,6-8-19)16(18)12-20;1-2/h3-5,10,16,21H,1,6-7,9,11-12H2,2H3;1-2H3. The highest BCUT2D eigenvalue weighted by Crippen LogP contribution is 2.37. The van der Waals surface area contributed by atoms with E-state index in [0.717, 1.165) is 12.1 Å². The lowest BCUT2D eigenvalue weighted by Crippen LogP contribution is -2.47. The zero-order valence-electron chi connectivity index (χ0n) is 14.3. The Hall–Kier alpha value is -1.86. The van der Waals surface area contributed by atoms with E-state index in [1.54, 1.807) is 12.1 Å². The van der Waals surface area contributed by atoms with Gasteiger partial charge in [0.25, 0.3) is 0 Å². The highest BCUT2D eigenvalue weighted by atomic mass is 19.1. The number of nitriles is 1. The van der Waals surface area contributed by atoms with Crippen molar-refractivity contribution in [1.29, 1.82) is 5.26 Å². The molecule has 0 saturated carbocycles. The first-order valence-corrected chi connectivity index (χ1v) is 8.16. The van der Waals surface area contributed by atoms with Crippen molar-refractivity contribution in [2.45, 2.75) is 46.3 Å². The molecule has 1 N–H and O–H groups in total. The molecule has 0 aliphatic carbocycles.